The maximum atomic E-state index is 12.1. The van der Waals surface area contributed by atoms with Crippen LogP contribution < -0.4 is 21.7 Å². The average Bonchev–Trinajstić information content (AvgIpc) is 2.60. The number of amides is 3. The molecule has 3 amide bonds. The minimum absolute atomic E-state index is 0. The summed E-state index contributed by atoms with van der Waals surface area (Å²) in [7, 11) is 0. The van der Waals surface area contributed by atoms with E-state index in [0.29, 0.717) is 24.3 Å². The largest absolute Gasteiger partial charge is 0.348 e. The molecule has 0 fully saturated rings. The Morgan fingerprint density at radius 1 is 0.962 bits per heavy atom. The first-order chi connectivity index (χ1) is 12.0. The summed E-state index contributed by atoms with van der Waals surface area (Å²) in [5.74, 6) is -0.137. The molecule has 2 rings (SSSR count). The molecule has 0 aliphatic rings. The van der Waals surface area contributed by atoms with E-state index >= 15 is 0 Å². The number of anilines is 1. The molecule has 0 aromatic heterocycles. The van der Waals surface area contributed by atoms with E-state index in [2.05, 4.69) is 16.0 Å². The number of hydrogen-bond acceptors (Lipinski definition) is 3. The molecule has 0 saturated carbocycles. The minimum atomic E-state index is -0.239. The van der Waals surface area contributed by atoms with Gasteiger partial charge in [0.1, 0.15) is 0 Å². The molecule has 2 aromatic rings. The summed E-state index contributed by atoms with van der Waals surface area (Å²) in [4.78, 5) is 23.8. The summed E-state index contributed by atoms with van der Waals surface area (Å²) >= 11 is 0. The third-order valence-electron chi connectivity index (χ3n) is 3.54. The van der Waals surface area contributed by atoms with Gasteiger partial charge in [0.05, 0.1) is 0 Å². The van der Waals surface area contributed by atoms with Crippen LogP contribution in [-0.2, 0) is 13.1 Å². The lowest BCUT2D eigenvalue weighted by molar-refractivity contribution is 0.0951. The van der Waals surface area contributed by atoms with Crippen molar-refractivity contribution in [3.05, 3.63) is 65.2 Å². The molecule has 140 valence electrons. The number of carbonyl (C=O) groups is 2. The van der Waals surface area contributed by atoms with Crippen molar-refractivity contribution < 1.29 is 9.59 Å². The van der Waals surface area contributed by atoms with Crippen LogP contribution in [0.25, 0.3) is 0 Å². The van der Waals surface area contributed by atoms with Gasteiger partial charge in [0.2, 0.25) is 0 Å². The zero-order chi connectivity index (χ0) is 18.2. The van der Waals surface area contributed by atoms with E-state index in [1.165, 1.54) is 0 Å². The van der Waals surface area contributed by atoms with E-state index in [1.54, 1.807) is 24.3 Å². The van der Waals surface area contributed by atoms with E-state index in [-0.39, 0.29) is 30.4 Å². The van der Waals surface area contributed by atoms with Gasteiger partial charge < -0.3 is 21.7 Å². The maximum absolute atomic E-state index is 12.1. The second kappa shape index (κ2) is 10.4. The Hall–Kier alpha value is -2.57. The summed E-state index contributed by atoms with van der Waals surface area (Å²) in [6.45, 7) is 4.66. The molecule has 7 heteroatoms. The van der Waals surface area contributed by atoms with Crippen molar-refractivity contribution in [2.75, 3.05) is 5.32 Å². The van der Waals surface area contributed by atoms with Gasteiger partial charge in [-0.05, 0) is 49.2 Å². The first-order valence-corrected chi connectivity index (χ1v) is 8.21. The molecule has 0 bridgehead atoms. The Balaban J connectivity index is 0.00000338. The second-order valence-electron chi connectivity index (χ2n) is 6.03. The maximum Gasteiger partial charge on any atom is 0.319 e. The van der Waals surface area contributed by atoms with Crippen molar-refractivity contribution >= 4 is 30.0 Å². The predicted octanol–water partition coefficient (Wildman–Crippen LogP) is 3.03. The van der Waals surface area contributed by atoms with E-state index in [0.717, 1.165) is 11.1 Å². The van der Waals surface area contributed by atoms with Gasteiger partial charge in [0.25, 0.3) is 5.91 Å². The Bertz CT molecular complexity index is 715. The first-order valence-electron chi connectivity index (χ1n) is 8.21. The number of halogens is 1. The molecule has 0 radical (unpaired) electrons. The summed E-state index contributed by atoms with van der Waals surface area (Å²) in [6.07, 6.45) is 0. The number of rotatable bonds is 6. The molecule has 0 unspecified atom stereocenters. The van der Waals surface area contributed by atoms with Crippen molar-refractivity contribution in [3.8, 4) is 0 Å². The number of benzene rings is 2. The quantitative estimate of drug-likeness (QED) is 0.623. The fourth-order valence-electron chi connectivity index (χ4n) is 2.21. The summed E-state index contributed by atoms with van der Waals surface area (Å²) in [5.41, 5.74) is 8.78. The second-order valence-corrected chi connectivity index (χ2v) is 6.03. The van der Waals surface area contributed by atoms with Crippen LogP contribution in [0.4, 0.5) is 10.5 Å². The van der Waals surface area contributed by atoms with Gasteiger partial charge in [0.15, 0.2) is 0 Å². The molecule has 2 aromatic carbocycles. The molecular weight excluding hydrogens is 352 g/mol. The van der Waals surface area contributed by atoms with Gasteiger partial charge >= 0.3 is 6.03 Å². The lowest BCUT2D eigenvalue weighted by atomic mass is 10.1. The molecule has 0 aliphatic carbocycles. The van der Waals surface area contributed by atoms with Crippen molar-refractivity contribution in [2.24, 2.45) is 5.73 Å². The highest BCUT2D eigenvalue weighted by molar-refractivity contribution is 5.94. The van der Waals surface area contributed by atoms with Crippen LogP contribution in [0.1, 0.15) is 35.3 Å². The molecule has 6 nitrogen and oxygen atoms in total. The van der Waals surface area contributed by atoms with Crippen LogP contribution in [-0.4, -0.2) is 18.0 Å². The average molecular weight is 377 g/mol. The fourth-order valence-corrected chi connectivity index (χ4v) is 2.21. The number of nitrogens with two attached hydrogens (primary N) is 1. The Labute approximate surface area is 160 Å². The molecular formula is C19H25ClN4O2. The van der Waals surface area contributed by atoms with Crippen LogP contribution >= 0.6 is 12.4 Å². The zero-order valence-corrected chi connectivity index (χ0v) is 15.7. The SMILES string of the molecule is CC(C)NC(=O)Nc1ccc(CNC(=O)c2ccc(CN)cc2)cc1.Cl. The smallest absolute Gasteiger partial charge is 0.319 e. The molecule has 26 heavy (non-hydrogen) atoms. The Morgan fingerprint density at radius 3 is 2.08 bits per heavy atom. The molecule has 0 saturated heterocycles. The van der Waals surface area contributed by atoms with Gasteiger partial charge in [-0.1, -0.05) is 24.3 Å². The highest BCUT2D eigenvalue weighted by Gasteiger charge is 2.06. The lowest BCUT2D eigenvalue weighted by Crippen LogP contribution is -2.34. The molecule has 0 atom stereocenters. The van der Waals surface area contributed by atoms with Gasteiger partial charge in [0, 0.05) is 30.4 Å². The lowest BCUT2D eigenvalue weighted by Gasteiger charge is -2.11. The Kier molecular flexibility index (Phi) is 8.61. The first kappa shape index (κ1) is 21.5. The van der Waals surface area contributed by atoms with Crippen molar-refractivity contribution in [1.29, 1.82) is 0 Å². The molecule has 5 N–H and O–H groups in total. The summed E-state index contributed by atoms with van der Waals surface area (Å²) < 4.78 is 0. The highest BCUT2D eigenvalue weighted by atomic mass is 35.5. The van der Waals surface area contributed by atoms with E-state index < -0.39 is 0 Å². The van der Waals surface area contributed by atoms with E-state index in [1.807, 2.05) is 38.1 Å². The monoisotopic (exact) mass is 376 g/mol. The third-order valence-corrected chi connectivity index (χ3v) is 3.54. The van der Waals surface area contributed by atoms with Gasteiger partial charge in [-0.25, -0.2) is 4.79 Å². The predicted molar refractivity (Wildman–Crippen MR) is 106 cm³/mol. The van der Waals surface area contributed by atoms with Crippen LogP contribution in [0.2, 0.25) is 0 Å². The zero-order valence-electron chi connectivity index (χ0n) is 14.9. The molecule has 0 spiro atoms. The number of urea groups is 1. The number of carbonyl (C=O) groups excluding carboxylic acids is 2. The molecule has 0 heterocycles. The summed E-state index contributed by atoms with van der Waals surface area (Å²) in [6, 6.07) is 14.4. The van der Waals surface area contributed by atoms with E-state index in [9.17, 15) is 9.59 Å². The normalized spacial score (nSPS) is 10.0. The van der Waals surface area contributed by atoms with Crippen LogP contribution in [0.3, 0.4) is 0 Å². The van der Waals surface area contributed by atoms with Crippen LogP contribution in [0, 0.1) is 0 Å². The van der Waals surface area contributed by atoms with Crippen molar-refractivity contribution in [2.45, 2.75) is 33.0 Å². The number of nitrogens with one attached hydrogen (secondary N) is 3. The third kappa shape index (κ3) is 6.74. The summed E-state index contributed by atoms with van der Waals surface area (Å²) in [5, 5.41) is 8.38. The standard InChI is InChI=1S/C19H24N4O2.ClH/c1-13(2)22-19(25)23-17-9-5-15(6-10-17)12-21-18(24)16-7-3-14(11-20)4-8-16;/h3-10,13H,11-12,20H2,1-2H3,(H,21,24)(H2,22,23,25);1H. The van der Waals surface area contributed by atoms with Crippen LogP contribution in [0.5, 0.6) is 0 Å². The van der Waals surface area contributed by atoms with Gasteiger partial charge in [-0.15, -0.1) is 12.4 Å². The highest BCUT2D eigenvalue weighted by Crippen LogP contribution is 2.10. The fraction of sp³-hybridized carbons (Fsp3) is 0.263. The number of hydrogen-bond donors (Lipinski definition) is 4. The van der Waals surface area contributed by atoms with Gasteiger partial charge in [-0.2, -0.15) is 0 Å². The van der Waals surface area contributed by atoms with Crippen molar-refractivity contribution in [3.63, 3.8) is 0 Å². The molecule has 0 aliphatic heterocycles. The minimum Gasteiger partial charge on any atom is -0.348 e. The van der Waals surface area contributed by atoms with Crippen molar-refractivity contribution in [1.82, 2.24) is 10.6 Å². The van der Waals surface area contributed by atoms with Crippen LogP contribution in [0.15, 0.2) is 48.5 Å². The topological polar surface area (TPSA) is 96.2 Å². The van der Waals surface area contributed by atoms with Gasteiger partial charge in [-0.3, -0.25) is 4.79 Å². The van der Waals surface area contributed by atoms with E-state index in [4.69, 9.17) is 5.73 Å². The Morgan fingerprint density at radius 2 is 1.54 bits per heavy atom.